The van der Waals surface area contributed by atoms with Gasteiger partial charge in [0.05, 0.1) is 17.8 Å². The summed E-state index contributed by atoms with van der Waals surface area (Å²) in [6.07, 6.45) is 10.6. The van der Waals surface area contributed by atoms with Crippen LogP contribution in [0.2, 0.25) is 26.2 Å². The van der Waals surface area contributed by atoms with Crippen molar-refractivity contribution in [3.05, 3.63) is 75.0 Å². The Morgan fingerprint density at radius 3 is 1.84 bits per heavy atom. The fourth-order valence-corrected chi connectivity index (χ4v) is 8.25. The average molecular weight is 641 g/mol. The summed E-state index contributed by atoms with van der Waals surface area (Å²) in [5, 5.41) is 12.9. The summed E-state index contributed by atoms with van der Waals surface area (Å²) in [7, 11) is -1.81. The molecule has 0 spiro atoms. The van der Waals surface area contributed by atoms with Gasteiger partial charge in [0.1, 0.15) is 0 Å². The van der Waals surface area contributed by atoms with Crippen LogP contribution >= 0.6 is 11.3 Å². The van der Waals surface area contributed by atoms with Crippen LogP contribution in [0.5, 0.6) is 0 Å². The van der Waals surface area contributed by atoms with Crippen LogP contribution in [-0.4, -0.2) is 28.8 Å². The predicted molar refractivity (Wildman–Crippen MR) is 193 cm³/mol. The highest BCUT2D eigenvalue weighted by molar-refractivity contribution is 7.11. The minimum absolute atomic E-state index is 0.0142. The molecule has 0 aliphatic heterocycles. The third-order valence-electron chi connectivity index (χ3n) is 7.98. The first-order valence-electron chi connectivity index (χ1n) is 16.2. The maximum Gasteiger partial charge on any atom is 0.205 e. The van der Waals surface area contributed by atoms with Crippen molar-refractivity contribution in [3.8, 4) is 0 Å². The Labute approximate surface area is 272 Å². The number of aliphatic hydroxyl groups is 1. The fourth-order valence-electron chi connectivity index (χ4n) is 5.30. The topological polar surface area (TPSA) is 38.7 Å². The molecule has 2 unspecified atom stereocenters. The first kappa shape index (κ1) is 37.9. The molecular formula is C37H60O3SSi2. The molecule has 3 nitrogen and oxygen atoms in total. The molecule has 43 heavy (non-hydrogen) atoms. The van der Waals surface area contributed by atoms with E-state index in [1.807, 2.05) is 37.3 Å². The van der Waals surface area contributed by atoms with E-state index in [2.05, 4.69) is 110 Å². The normalized spacial score (nSPS) is 15.2. The SMILES string of the molecule is CCC(=CC=CC(O)(CC)CC)c1cc(CCc2ccc(C(O[Si](C)C)C(C)(C)C)c(C(O[Si](C)C)C(C)(C)C)c2)cs1. The number of hydrogen-bond donors (Lipinski definition) is 1. The maximum absolute atomic E-state index is 10.6. The smallest absolute Gasteiger partial charge is 0.205 e. The summed E-state index contributed by atoms with van der Waals surface area (Å²) in [5.74, 6) is 0. The van der Waals surface area contributed by atoms with Crippen molar-refractivity contribution in [2.45, 2.75) is 138 Å². The van der Waals surface area contributed by atoms with Crippen LogP contribution in [0, 0.1) is 10.8 Å². The molecule has 1 heterocycles. The predicted octanol–water partition coefficient (Wildman–Crippen LogP) is 11.1. The van der Waals surface area contributed by atoms with Crippen LogP contribution in [-0.2, 0) is 21.7 Å². The standard InChI is InChI=1S/C37H60O3SSi2/c1-14-29(18-17-23-37(38,15-2)16-3)32-25-28(26-41-32)20-19-27-21-22-30(33(35(4,5)6)39-42(10)11)31(24-27)34(36(7,8)9)40-43(12)13/h17-18,21-26,33-34,38H,14-16,19-20H2,1-13H3. The van der Waals surface area contributed by atoms with Crippen molar-refractivity contribution in [1.82, 2.24) is 0 Å². The minimum atomic E-state index is -0.913. The summed E-state index contributed by atoms with van der Waals surface area (Å²) < 4.78 is 13.5. The van der Waals surface area contributed by atoms with E-state index in [-0.39, 0.29) is 23.0 Å². The summed E-state index contributed by atoms with van der Waals surface area (Å²) in [5.41, 5.74) is 5.86. The molecule has 2 radical (unpaired) electrons. The van der Waals surface area contributed by atoms with Crippen LogP contribution in [0.3, 0.4) is 0 Å². The molecule has 240 valence electrons. The summed E-state index contributed by atoms with van der Waals surface area (Å²) in [6.45, 7) is 29.0. The molecule has 0 fully saturated rings. The molecule has 0 saturated carbocycles. The van der Waals surface area contributed by atoms with Gasteiger partial charge >= 0.3 is 0 Å². The second kappa shape index (κ2) is 16.3. The van der Waals surface area contributed by atoms with Crippen LogP contribution in [0.25, 0.3) is 5.57 Å². The van der Waals surface area contributed by atoms with Gasteiger partial charge in [-0.05, 0) is 108 Å². The second-order valence-electron chi connectivity index (χ2n) is 14.5. The molecule has 6 heteroatoms. The zero-order valence-corrected chi connectivity index (χ0v) is 32.3. The molecule has 2 rings (SSSR count). The fraction of sp³-hybridized carbons (Fsp3) is 0.622. The van der Waals surface area contributed by atoms with Crippen molar-refractivity contribution in [3.63, 3.8) is 0 Å². The lowest BCUT2D eigenvalue weighted by Crippen LogP contribution is -2.31. The molecule has 0 amide bonds. The van der Waals surface area contributed by atoms with Gasteiger partial charge in [-0.2, -0.15) is 0 Å². The van der Waals surface area contributed by atoms with Gasteiger partial charge < -0.3 is 14.0 Å². The van der Waals surface area contributed by atoms with Crippen molar-refractivity contribution >= 4 is 35.0 Å². The zero-order valence-electron chi connectivity index (χ0n) is 29.5. The Hall–Kier alpha value is -1.29. The van der Waals surface area contributed by atoms with Crippen LogP contribution in [0.15, 0.2) is 47.9 Å². The Bertz CT molecular complexity index is 1190. The Morgan fingerprint density at radius 2 is 1.35 bits per heavy atom. The molecular weight excluding hydrogens is 581 g/mol. The number of thiophene rings is 1. The summed E-state index contributed by atoms with van der Waals surface area (Å²) >= 11 is 1.82. The van der Waals surface area contributed by atoms with Gasteiger partial charge in [0, 0.05) is 4.88 Å². The molecule has 0 aliphatic rings. The molecule has 1 N–H and O–H groups in total. The van der Waals surface area contributed by atoms with Crippen LogP contribution in [0.1, 0.15) is 121 Å². The Balaban J connectivity index is 2.42. The van der Waals surface area contributed by atoms with Gasteiger partial charge in [0.25, 0.3) is 0 Å². The molecule has 0 bridgehead atoms. The highest BCUT2D eigenvalue weighted by Gasteiger charge is 2.36. The molecule has 1 aromatic carbocycles. The highest BCUT2D eigenvalue weighted by Crippen LogP contribution is 2.45. The first-order valence-corrected chi connectivity index (χ1v) is 21.9. The summed E-state index contributed by atoms with van der Waals surface area (Å²) in [6, 6.07) is 9.44. The second-order valence-corrected chi connectivity index (χ2v) is 19.6. The van der Waals surface area contributed by atoms with Crippen LogP contribution in [0.4, 0.5) is 0 Å². The molecule has 2 aromatic rings. The Kier molecular flexibility index (Phi) is 14.4. The van der Waals surface area contributed by atoms with Crippen molar-refractivity contribution in [2.24, 2.45) is 10.8 Å². The maximum atomic E-state index is 10.6. The van der Waals surface area contributed by atoms with E-state index in [0.29, 0.717) is 0 Å². The van der Waals surface area contributed by atoms with Gasteiger partial charge in [-0.15, -0.1) is 11.3 Å². The average Bonchev–Trinajstić information content (AvgIpc) is 3.39. The lowest BCUT2D eigenvalue weighted by atomic mass is 9.77. The summed E-state index contributed by atoms with van der Waals surface area (Å²) in [4.78, 5) is 1.32. The van der Waals surface area contributed by atoms with Gasteiger partial charge in [0.15, 0.2) is 0 Å². The number of aryl methyl sites for hydroxylation is 2. The van der Waals surface area contributed by atoms with Gasteiger partial charge in [0.2, 0.25) is 18.1 Å². The van der Waals surface area contributed by atoms with Crippen molar-refractivity contribution < 1.29 is 14.0 Å². The van der Waals surface area contributed by atoms with E-state index in [4.69, 9.17) is 8.85 Å². The largest absolute Gasteiger partial charge is 0.410 e. The lowest BCUT2D eigenvalue weighted by Gasteiger charge is -2.39. The number of benzene rings is 1. The molecule has 0 saturated heterocycles. The van der Waals surface area contributed by atoms with Crippen molar-refractivity contribution in [1.29, 1.82) is 0 Å². The molecule has 2 atom stereocenters. The van der Waals surface area contributed by atoms with Gasteiger partial charge in [-0.1, -0.05) is 98.7 Å². The highest BCUT2D eigenvalue weighted by atomic mass is 32.1. The zero-order chi connectivity index (χ0) is 32.6. The number of allylic oxidation sites excluding steroid dienone is 3. The van der Waals surface area contributed by atoms with E-state index in [1.54, 1.807) is 0 Å². The third-order valence-corrected chi connectivity index (χ3v) is 10.4. The quantitative estimate of drug-likeness (QED) is 0.155. The van der Waals surface area contributed by atoms with Crippen molar-refractivity contribution in [2.75, 3.05) is 0 Å². The number of hydrogen-bond acceptors (Lipinski definition) is 4. The number of rotatable bonds is 15. The van der Waals surface area contributed by atoms with E-state index in [9.17, 15) is 5.11 Å². The van der Waals surface area contributed by atoms with E-state index < -0.39 is 23.7 Å². The van der Waals surface area contributed by atoms with Gasteiger partial charge in [-0.25, -0.2) is 0 Å². The minimum Gasteiger partial charge on any atom is -0.410 e. The first-order chi connectivity index (χ1) is 19.9. The monoisotopic (exact) mass is 640 g/mol. The van der Waals surface area contributed by atoms with E-state index in [0.717, 1.165) is 32.1 Å². The lowest BCUT2D eigenvalue weighted by molar-refractivity contribution is 0.0655. The van der Waals surface area contributed by atoms with Crippen LogP contribution < -0.4 is 0 Å². The van der Waals surface area contributed by atoms with E-state index in [1.165, 1.54) is 32.7 Å². The van der Waals surface area contributed by atoms with Gasteiger partial charge in [-0.3, -0.25) is 0 Å². The Morgan fingerprint density at radius 1 is 0.814 bits per heavy atom. The molecule has 1 aromatic heterocycles. The molecule has 0 aliphatic carbocycles. The third kappa shape index (κ3) is 11.5. The van der Waals surface area contributed by atoms with E-state index >= 15 is 0 Å².